The summed E-state index contributed by atoms with van der Waals surface area (Å²) >= 11 is 5.88. The van der Waals surface area contributed by atoms with Crippen molar-refractivity contribution in [3.63, 3.8) is 0 Å². The Morgan fingerprint density at radius 3 is 2.67 bits per heavy atom. The molecule has 0 radical (unpaired) electrons. The van der Waals surface area contributed by atoms with E-state index in [4.69, 9.17) is 16.7 Å². The third kappa shape index (κ3) is 5.85. The molecule has 1 aromatic rings. The molecule has 0 spiro atoms. The van der Waals surface area contributed by atoms with Crippen LogP contribution in [0.2, 0.25) is 5.02 Å². The number of ether oxygens (including phenoxy) is 1. The molecule has 4 nitrogen and oxygen atoms in total. The predicted octanol–water partition coefficient (Wildman–Crippen LogP) is 3.63. The normalized spacial score (nSPS) is 12.7. The van der Waals surface area contributed by atoms with Crippen LogP contribution in [-0.4, -0.2) is 35.2 Å². The summed E-state index contributed by atoms with van der Waals surface area (Å²) in [5.74, 6) is -0.971. The van der Waals surface area contributed by atoms with Crippen molar-refractivity contribution in [1.82, 2.24) is 4.90 Å². The first-order valence-electron chi connectivity index (χ1n) is 6.52. The molecule has 0 bridgehead atoms. The topological polar surface area (TPSA) is 49.8 Å². The zero-order valence-electron chi connectivity index (χ0n) is 11.9. The molecule has 0 aromatic heterocycles. The van der Waals surface area contributed by atoms with E-state index >= 15 is 0 Å². The fourth-order valence-corrected chi connectivity index (χ4v) is 2.10. The zero-order chi connectivity index (χ0) is 16.0. The van der Waals surface area contributed by atoms with Gasteiger partial charge in [0.15, 0.2) is 0 Å². The standard InChI is InChI=1S/C14H18ClF2NO3/c1-3-9(2)18(8-13(19)20)7-10-6-11(15)4-5-12(10)21-14(16)17/h4-6,9,14H,3,7-8H2,1-2H3,(H,19,20). The van der Waals surface area contributed by atoms with Gasteiger partial charge in [0.25, 0.3) is 0 Å². The zero-order valence-corrected chi connectivity index (χ0v) is 12.6. The van der Waals surface area contributed by atoms with E-state index in [-0.39, 0.29) is 24.9 Å². The average molecular weight is 322 g/mol. The summed E-state index contributed by atoms with van der Waals surface area (Å²) in [6, 6.07) is 4.31. The Labute approximate surface area is 127 Å². The van der Waals surface area contributed by atoms with Gasteiger partial charge in [-0.1, -0.05) is 18.5 Å². The second kappa shape index (κ2) is 8.14. The predicted molar refractivity (Wildman–Crippen MR) is 75.9 cm³/mol. The fraction of sp³-hybridized carbons (Fsp3) is 0.500. The Balaban J connectivity index is 3.00. The SMILES string of the molecule is CCC(C)N(CC(=O)O)Cc1cc(Cl)ccc1OC(F)F. The number of halogens is 3. The summed E-state index contributed by atoms with van der Waals surface area (Å²) in [6.07, 6.45) is 0.735. The largest absolute Gasteiger partial charge is 0.480 e. The van der Waals surface area contributed by atoms with Gasteiger partial charge in [-0.15, -0.1) is 0 Å². The van der Waals surface area contributed by atoms with Gasteiger partial charge in [0.1, 0.15) is 5.75 Å². The Morgan fingerprint density at radius 2 is 2.14 bits per heavy atom. The summed E-state index contributed by atoms with van der Waals surface area (Å²) < 4.78 is 29.3. The Hall–Kier alpha value is -1.40. The third-order valence-corrected chi connectivity index (χ3v) is 3.40. The number of alkyl halides is 2. The first kappa shape index (κ1) is 17.7. The molecule has 0 fully saturated rings. The van der Waals surface area contributed by atoms with Crippen molar-refractivity contribution in [1.29, 1.82) is 0 Å². The smallest absolute Gasteiger partial charge is 0.387 e. The van der Waals surface area contributed by atoms with E-state index in [1.54, 1.807) is 4.90 Å². The van der Waals surface area contributed by atoms with Crippen LogP contribution in [-0.2, 0) is 11.3 Å². The lowest BCUT2D eigenvalue weighted by Crippen LogP contribution is -2.36. The number of benzene rings is 1. The van der Waals surface area contributed by atoms with Crippen LogP contribution in [0.3, 0.4) is 0 Å². The van der Waals surface area contributed by atoms with Crippen molar-refractivity contribution < 1.29 is 23.4 Å². The van der Waals surface area contributed by atoms with Crippen LogP contribution in [0.25, 0.3) is 0 Å². The monoisotopic (exact) mass is 321 g/mol. The van der Waals surface area contributed by atoms with Crippen molar-refractivity contribution in [2.45, 2.75) is 39.5 Å². The number of hydrogen-bond acceptors (Lipinski definition) is 3. The van der Waals surface area contributed by atoms with E-state index in [0.717, 1.165) is 6.42 Å². The highest BCUT2D eigenvalue weighted by Crippen LogP contribution is 2.26. The lowest BCUT2D eigenvalue weighted by atomic mass is 10.1. The van der Waals surface area contributed by atoms with E-state index in [0.29, 0.717) is 10.6 Å². The summed E-state index contributed by atoms with van der Waals surface area (Å²) in [4.78, 5) is 12.6. The van der Waals surface area contributed by atoms with E-state index in [1.807, 2.05) is 13.8 Å². The third-order valence-electron chi connectivity index (χ3n) is 3.16. The Bertz CT molecular complexity index is 485. The van der Waals surface area contributed by atoms with Crippen LogP contribution >= 0.6 is 11.6 Å². The highest BCUT2D eigenvalue weighted by atomic mass is 35.5. The summed E-state index contributed by atoms with van der Waals surface area (Å²) in [5, 5.41) is 9.34. The van der Waals surface area contributed by atoms with Gasteiger partial charge >= 0.3 is 12.6 Å². The van der Waals surface area contributed by atoms with E-state index < -0.39 is 12.6 Å². The van der Waals surface area contributed by atoms with Crippen molar-refractivity contribution >= 4 is 17.6 Å². The van der Waals surface area contributed by atoms with Crippen LogP contribution in [0.1, 0.15) is 25.8 Å². The highest BCUT2D eigenvalue weighted by molar-refractivity contribution is 6.30. The Morgan fingerprint density at radius 1 is 1.48 bits per heavy atom. The van der Waals surface area contributed by atoms with Crippen molar-refractivity contribution in [3.05, 3.63) is 28.8 Å². The first-order chi connectivity index (χ1) is 9.83. The van der Waals surface area contributed by atoms with Gasteiger partial charge < -0.3 is 9.84 Å². The van der Waals surface area contributed by atoms with E-state index in [9.17, 15) is 13.6 Å². The molecule has 7 heteroatoms. The van der Waals surface area contributed by atoms with Crippen LogP contribution in [0, 0.1) is 0 Å². The maximum Gasteiger partial charge on any atom is 0.387 e. The molecule has 0 aliphatic rings. The summed E-state index contributed by atoms with van der Waals surface area (Å²) in [7, 11) is 0. The van der Waals surface area contributed by atoms with Crippen molar-refractivity contribution in [2.75, 3.05) is 6.54 Å². The molecule has 1 N–H and O–H groups in total. The van der Waals surface area contributed by atoms with Gasteiger partial charge in [0.05, 0.1) is 6.54 Å². The van der Waals surface area contributed by atoms with Crippen LogP contribution < -0.4 is 4.74 Å². The van der Waals surface area contributed by atoms with Crippen LogP contribution in [0.5, 0.6) is 5.75 Å². The quantitative estimate of drug-likeness (QED) is 0.794. The fourth-order valence-electron chi connectivity index (χ4n) is 1.90. The summed E-state index contributed by atoms with van der Waals surface area (Å²) in [5.41, 5.74) is 0.435. The molecule has 0 aliphatic heterocycles. The molecule has 0 amide bonds. The van der Waals surface area contributed by atoms with Gasteiger partial charge in [0.2, 0.25) is 0 Å². The van der Waals surface area contributed by atoms with Gasteiger partial charge in [-0.25, -0.2) is 0 Å². The van der Waals surface area contributed by atoms with Gasteiger partial charge in [-0.3, -0.25) is 9.69 Å². The summed E-state index contributed by atoms with van der Waals surface area (Å²) in [6.45, 7) is 0.843. The maximum atomic E-state index is 12.4. The molecule has 1 unspecified atom stereocenters. The molecular formula is C14H18ClF2NO3. The molecule has 0 saturated carbocycles. The van der Waals surface area contributed by atoms with E-state index in [1.165, 1.54) is 18.2 Å². The molecule has 118 valence electrons. The van der Waals surface area contributed by atoms with Gasteiger partial charge in [-0.2, -0.15) is 8.78 Å². The lowest BCUT2D eigenvalue weighted by molar-refractivity contribution is -0.139. The second-order valence-corrected chi connectivity index (χ2v) is 5.12. The minimum absolute atomic E-state index is 0.00749. The molecule has 0 heterocycles. The van der Waals surface area contributed by atoms with Crippen LogP contribution in [0.15, 0.2) is 18.2 Å². The number of nitrogens with zero attached hydrogens (tertiary/aromatic N) is 1. The molecule has 1 rings (SSSR count). The average Bonchev–Trinajstić information content (AvgIpc) is 2.39. The number of aliphatic carboxylic acids is 1. The van der Waals surface area contributed by atoms with Gasteiger partial charge in [-0.05, 0) is 31.5 Å². The molecular weight excluding hydrogens is 304 g/mol. The lowest BCUT2D eigenvalue weighted by Gasteiger charge is -2.27. The van der Waals surface area contributed by atoms with E-state index in [2.05, 4.69) is 4.74 Å². The molecule has 1 aromatic carbocycles. The number of carboxylic acid groups (broad SMARTS) is 1. The second-order valence-electron chi connectivity index (χ2n) is 4.69. The molecule has 21 heavy (non-hydrogen) atoms. The van der Waals surface area contributed by atoms with Crippen molar-refractivity contribution in [3.8, 4) is 5.75 Å². The number of rotatable bonds is 8. The molecule has 0 aliphatic carbocycles. The van der Waals surface area contributed by atoms with Crippen molar-refractivity contribution in [2.24, 2.45) is 0 Å². The molecule has 0 saturated heterocycles. The van der Waals surface area contributed by atoms with Crippen LogP contribution in [0.4, 0.5) is 8.78 Å². The number of carbonyl (C=O) groups is 1. The Kier molecular flexibility index (Phi) is 6.84. The number of hydrogen-bond donors (Lipinski definition) is 1. The number of carboxylic acids is 1. The minimum atomic E-state index is -2.94. The van der Waals surface area contributed by atoms with Gasteiger partial charge in [0, 0.05) is 23.2 Å². The maximum absolute atomic E-state index is 12.4. The highest BCUT2D eigenvalue weighted by Gasteiger charge is 2.19. The minimum Gasteiger partial charge on any atom is -0.480 e. The molecule has 1 atom stereocenters. The first-order valence-corrected chi connectivity index (χ1v) is 6.90.